The second-order valence-corrected chi connectivity index (χ2v) is 5.38. The summed E-state index contributed by atoms with van der Waals surface area (Å²) in [5, 5.41) is 3.58. The van der Waals surface area contributed by atoms with Crippen molar-refractivity contribution in [3.05, 3.63) is 29.8 Å². The number of nitrogens with one attached hydrogen (secondary N) is 1. The van der Waals surface area contributed by atoms with Crippen LogP contribution in [0.2, 0.25) is 0 Å². The maximum absolute atomic E-state index is 5.58. The molecule has 0 bridgehead atoms. The third kappa shape index (κ3) is 3.72. The van der Waals surface area contributed by atoms with Crippen LogP contribution in [0, 0.1) is 0 Å². The van der Waals surface area contributed by atoms with E-state index in [1.165, 1.54) is 11.3 Å². The van der Waals surface area contributed by atoms with Crippen molar-refractivity contribution < 1.29 is 4.74 Å². The molecule has 3 nitrogen and oxygen atoms in total. The normalized spacial score (nSPS) is 18.2. The van der Waals surface area contributed by atoms with Gasteiger partial charge in [-0.2, -0.15) is 0 Å². The number of hydrogen-bond donors (Lipinski definition) is 1. The number of nitrogens with zero attached hydrogens (tertiary/aromatic N) is 1. The molecule has 18 heavy (non-hydrogen) atoms. The minimum atomic E-state index is 0.326. The third-order valence-corrected chi connectivity index (χ3v) is 3.30. The van der Waals surface area contributed by atoms with Gasteiger partial charge >= 0.3 is 0 Å². The number of fused-ring (bicyclic) bond motifs is 1. The zero-order valence-corrected chi connectivity index (χ0v) is 11.6. The monoisotopic (exact) mass is 248 g/mol. The summed E-state index contributed by atoms with van der Waals surface area (Å²) < 4.78 is 5.58. The molecule has 100 valence electrons. The van der Waals surface area contributed by atoms with Crippen molar-refractivity contribution in [3.8, 4) is 0 Å². The van der Waals surface area contributed by atoms with Crippen LogP contribution in [0.5, 0.6) is 0 Å². The average molecular weight is 248 g/mol. The number of likely N-dealkylation sites (N-methyl/N-ethyl adjacent to an activating group) is 1. The highest BCUT2D eigenvalue weighted by molar-refractivity contribution is 5.56. The Balaban J connectivity index is 1.72. The molecule has 2 rings (SSSR count). The van der Waals surface area contributed by atoms with Crippen LogP contribution in [0.25, 0.3) is 0 Å². The standard InChI is InChI=1S/C15H24N2O/c1-12(2)18-9-8-17(3)11-14-10-13-6-4-5-7-15(13)16-14/h4-7,12,14,16H,8-11H2,1-3H3. The molecule has 1 atom stereocenters. The summed E-state index contributed by atoms with van der Waals surface area (Å²) >= 11 is 0. The first kappa shape index (κ1) is 13.4. The summed E-state index contributed by atoms with van der Waals surface area (Å²) in [7, 11) is 2.16. The van der Waals surface area contributed by atoms with E-state index in [9.17, 15) is 0 Å². The van der Waals surface area contributed by atoms with Gasteiger partial charge in [0.15, 0.2) is 0 Å². The fraction of sp³-hybridized carbons (Fsp3) is 0.600. The van der Waals surface area contributed by atoms with Crippen LogP contribution in [0.3, 0.4) is 0 Å². The Kier molecular flexibility index (Phi) is 4.61. The summed E-state index contributed by atoms with van der Waals surface area (Å²) in [6.07, 6.45) is 1.46. The lowest BCUT2D eigenvalue weighted by Gasteiger charge is -2.21. The fourth-order valence-electron chi connectivity index (χ4n) is 2.40. The molecule has 1 unspecified atom stereocenters. The molecule has 0 aromatic heterocycles. The molecule has 1 aromatic carbocycles. The Hall–Kier alpha value is -1.06. The van der Waals surface area contributed by atoms with Crippen molar-refractivity contribution >= 4 is 5.69 Å². The van der Waals surface area contributed by atoms with E-state index in [2.05, 4.69) is 55.4 Å². The van der Waals surface area contributed by atoms with Gasteiger partial charge in [-0.15, -0.1) is 0 Å². The van der Waals surface area contributed by atoms with Crippen LogP contribution in [-0.2, 0) is 11.2 Å². The average Bonchev–Trinajstić information content (AvgIpc) is 2.70. The quantitative estimate of drug-likeness (QED) is 0.836. The highest BCUT2D eigenvalue weighted by Gasteiger charge is 2.20. The van der Waals surface area contributed by atoms with Gasteiger partial charge in [0.2, 0.25) is 0 Å². The van der Waals surface area contributed by atoms with Crippen molar-refractivity contribution in [2.24, 2.45) is 0 Å². The molecule has 0 saturated heterocycles. The first-order valence-corrected chi connectivity index (χ1v) is 6.79. The van der Waals surface area contributed by atoms with Crippen molar-refractivity contribution in [3.63, 3.8) is 0 Å². The molecule has 0 radical (unpaired) electrons. The highest BCUT2D eigenvalue weighted by atomic mass is 16.5. The molecule has 1 aliphatic heterocycles. The van der Waals surface area contributed by atoms with Gasteiger partial charge in [-0.3, -0.25) is 0 Å². The summed E-state index contributed by atoms with van der Waals surface area (Å²) in [5.41, 5.74) is 2.74. The maximum atomic E-state index is 5.58. The van der Waals surface area contributed by atoms with Crippen molar-refractivity contribution in [1.82, 2.24) is 4.90 Å². The van der Waals surface area contributed by atoms with Crippen LogP contribution in [0.4, 0.5) is 5.69 Å². The van der Waals surface area contributed by atoms with E-state index < -0.39 is 0 Å². The lowest BCUT2D eigenvalue weighted by atomic mass is 10.1. The number of ether oxygens (including phenoxy) is 1. The Morgan fingerprint density at radius 3 is 2.89 bits per heavy atom. The molecular formula is C15H24N2O. The highest BCUT2D eigenvalue weighted by Crippen LogP contribution is 2.25. The Morgan fingerprint density at radius 1 is 1.39 bits per heavy atom. The number of para-hydroxylation sites is 1. The maximum Gasteiger partial charge on any atom is 0.0596 e. The first-order chi connectivity index (χ1) is 8.65. The summed E-state index contributed by atoms with van der Waals surface area (Å²) in [5.74, 6) is 0. The van der Waals surface area contributed by atoms with E-state index in [4.69, 9.17) is 4.74 Å². The van der Waals surface area contributed by atoms with Gasteiger partial charge in [0.25, 0.3) is 0 Å². The largest absolute Gasteiger partial charge is 0.380 e. The van der Waals surface area contributed by atoms with Crippen LogP contribution >= 0.6 is 0 Å². The SMILES string of the molecule is CC(C)OCCN(C)CC1Cc2ccccc2N1. The Bertz CT molecular complexity index is 354. The fourth-order valence-corrected chi connectivity index (χ4v) is 2.40. The van der Waals surface area contributed by atoms with Gasteiger partial charge in [-0.05, 0) is 38.9 Å². The number of hydrogen-bond acceptors (Lipinski definition) is 3. The van der Waals surface area contributed by atoms with Crippen molar-refractivity contribution in [1.29, 1.82) is 0 Å². The number of rotatable bonds is 6. The van der Waals surface area contributed by atoms with E-state index in [1.807, 2.05) is 0 Å². The lowest BCUT2D eigenvalue weighted by Crippen LogP contribution is -2.35. The first-order valence-electron chi connectivity index (χ1n) is 6.79. The van der Waals surface area contributed by atoms with E-state index in [0.717, 1.165) is 26.1 Å². The van der Waals surface area contributed by atoms with Crippen molar-refractivity contribution in [2.75, 3.05) is 32.1 Å². The molecule has 1 heterocycles. The molecule has 0 spiro atoms. The molecule has 0 fully saturated rings. The topological polar surface area (TPSA) is 24.5 Å². The van der Waals surface area contributed by atoms with E-state index in [-0.39, 0.29) is 0 Å². The Labute approximate surface area is 110 Å². The second kappa shape index (κ2) is 6.21. The smallest absolute Gasteiger partial charge is 0.0596 e. The van der Waals surface area contributed by atoms with Gasteiger partial charge < -0.3 is 15.0 Å². The molecular weight excluding hydrogens is 224 g/mol. The molecule has 0 saturated carbocycles. The van der Waals surface area contributed by atoms with Crippen LogP contribution in [-0.4, -0.2) is 43.8 Å². The molecule has 3 heteroatoms. The zero-order chi connectivity index (χ0) is 13.0. The van der Waals surface area contributed by atoms with Gasteiger partial charge in [0, 0.05) is 24.8 Å². The predicted molar refractivity (Wildman–Crippen MR) is 76.1 cm³/mol. The number of benzene rings is 1. The molecule has 0 aliphatic carbocycles. The van der Waals surface area contributed by atoms with Crippen LogP contribution < -0.4 is 5.32 Å². The predicted octanol–water partition coefficient (Wildman–Crippen LogP) is 2.38. The van der Waals surface area contributed by atoms with E-state index >= 15 is 0 Å². The van der Waals surface area contributed by atoms with Crippen LogP contribution in [0.1, 0.15) is 19.4 Å². The van der Waals surface area contributed by atoms with Gasteiger partial charge in [0.05, 0.1) is 12.7 Å². The summed E-state index contributed by atoms with van der Waals surface area (Å²) in [6.45, 7) is 7.03. The van der Waals surface area contributed by atoms with Gasteiger partial charge in [-0.25, -0.2) is 0 Å². The zero-order valence-electron chi connectivity index (χ0n) is 11.6. The minimum absolute atomic E-state index is 0.326. The summed E-state index contributed by atoms with van der Waals surface area (Å²) in [4.78, 5) is 2.34. The molecule has 0 amide bonds. The molecule has 1 aliphatic rings. The van der Waals surface area contributed by atoms with Crippen LogP contribution in [0.15, 0.2) is 24.3 Å². The summed E-state index contributed by atoms with van der Waals surface area (Å²) in [6, 6.07) is 9.12. The number of anilines is 1. The minimum Gasteiger partial charge on any atom is -0.380 e. The molecule has 1 aromatic rings. The van der Waals surface area contributed by atoms with Crippen molar-refractivity contribution in [2.45, 2.75) is 32.4 Å². The lowest BCUT2D eigenvalue weighted by molar-refractivity contribution is 0.0633. The van der Waals surface area contributed by atoms with E-state index in [0.29, 0.717) is 12.1 Å². The molecule has 1 N–H and O–H groups in total. The van der Waals surface area contributed by atoms with E-state index in [1.54, 1.807) is 0 Å². The van der Waals surface area contributed by atoms with Gasteiger partial charge in [0.1, 0.15) is 0 Å². The Morgan fingerprint density at radius 2 is 2.17 bits per heavy atom. The third-order valence-electron chi connectivity index (χ3n) is 3.30. The second-order valence-electron chi connectivity index (χ2n) is 5.38. The van der Waals surface area contributed by atoms with Gasteiger partial charge in [-0.1, -0.05) is 18.2 Å².